The number of H-pyrrole nitrogens is 1. The second-order valence-corrected chi connectivity index (χ2v) is 8.42. The van der Waals surface area contributed by atoms with E-state index in [1.807, 2.05) is 45.2 Å². The van der Waals surface area contributed by atoms with Crippen molar-refractivity contribution < 1.29 is 9.84 Å². The Balaban J connectivity index is 2.00. The Labute approximate surface area is 164 Å². The van der Waals surface area contributed by atoms with Crippen LogP contribution in [0, 0.1) is 6.92 Å². The molecule has 0 fully saturated rings. The fourth-order valence-electron chi connectivity index (χ4n) is 4.26. The zero-order valence-corrected chi connectivity index (χ0v) is 17.0. The molecule has 0 aliphatic carbocycles. The van der Waals surface area contributed by atoms with Crippen molar-refractivity contribution in [2.45, 2.75) is 45.3 Å². The van der Waals surface area contributed by atoms with Gasteiger partial charge in [-0.2, -0.15) is 0 Å². The molecule has 2 atom stereocenters. The number of rotatable bonds is 2. The molecule has 0 saturated carbocycles. The molecule has 5 heteroatoms. The van der Waals surface area contributed by atoms with Crippen LogP contribution < -0.4 is 10.1 Å². The molecule has 3 aromatic rings. The Morgan fingerprint density at radius 1 is 1.19 bits per heavy atom. The van der Waals surface area contributed by atoms with E-state index >= 15 is 0 Å². The summed E-state index contributed by atoms with van der Waals surface area (Å²) in [4.78, 5) is 3.32. The normalized spacial score (nSPS) is 21.0. The number of aryl methyl sites for hydroxylation is 1. The highest BCUT2D eigenvalue weighted by atomic mass is 35.5. The molecule has 4 rings (SSSR count). The van der Waals surface area contributed by atoms with Crippen molar-refractivity contribution in [3.05, 3.63) is 46.6 Å². The number of aliphatic hydroxyl groups is 1. The molecule has 0 amide bonds. The minimum atomic E-state index is -0.534. The fraction of sp³-hybridized carbons (Fsp3) is 0.364. The number of hydrogen-bond acceptors (Lipinski definition) is 3. The lowest BCUT2D eigenvalue weighted by atomic mass is 9.77. The second kappa shape index (κ2) is 6.18. The maximum Gasteiger partial charge on any atom is 0.120 e. The van der Waals surface area contributed by atoms with E-state index in [1.165, 1.54) is 0 Å². The average Bonchev–Trinajstić information content (AvgIpc) is 3.10. The van der Waals surface area contributed by atoms with Crippen molar-refractivity contribution >= 4 is 28.2 Å². The van der Waals surface area contributed by atoms with E-state index < -0.39 is 11.6 Å². The third-order valence-electron chi connectivity index (χ3n) is 5.77. The molecule has 0 radical (unpaired) electrons. The van der Waals surface area contributed by atoms with E-state index in [9.17, 15) is 5.11 Å². The number of halogens is 1. The predicted molar refractivity (Wildman–Crippen MR) is 112 cm³/mol. The Morgan fingerprint density at radius 3 is 2.63 bits per heavy atom. The van der Waals surface area contributed by atoms with Crippen LogP contribution in [0.15, 0.2) is 30.5 Å². The molecule has 1 aliphatic rings. The SMILES string of the molecule is COc1cc(-c2cc(C)c3c(c2Cl)C(C)C(O)C(C)(C)N3)c2[nH]ccc2c1. The summed E-state index contributed by atoms with van der Waals surface area (Å²) < 4.78 is 5.49. The molecule has 0 spiro atoms. The van der Waals surface area contributed by atoms with E-state index in [0.29, 0.717) is 5.02 Å². The van der Waals surface area contributed by atoms with E-state index in [4.69, 9.17) is 16.3 Å². The van der Waals surface area contributed by atoms with E-state index in [1.54, 1.807) is 7.11 Å². The van der Waals surface area contributed by atoms with Gasteiger partial charge >= 0.3 is 0 Å². The standard InChI is InChI=1S/C22H25ClN2O2/c1-11-8-15(16-10-14(27-5)9-13-6-7-24-20(13)16)18(23)17-12(2)21(26)22(3,4)25-19(11)17/h6-10,12,21,24-26H,1-5H3. The third-order valence-corrected chi connectivity index (χ3v) is 6.18. The van der Waals surface area contributed by atoms with Gasteiger partial charge in [-0.05, 0) is 50.6 Å². The van der Waals surface area contributed by atoms with Crippen LogP contribution >= 0.6 is 11.6 Å². The molecule has 2 aromatic carbocycles. The molecule has 0 saturated heterocycles. The number of benzene rings is 2. The number of aromatic amines is 1. The van der Waals surface area contributed by atoms with Crippen molar-refractivity contribution in [1.29, 1.82) is 0 Å². The summed E-state index contributed by atoms with van der Waals surface area (Å²) in [5, 5.41) is 16.0. The van der Waals surface area contributed by atoms with Gasteiger partial charge in [0.2, 0.25) is 0 Å². The van der Waals surface area contributed by atoms with Gasteiger partial charge in [0.1, 0.15) is 5.75 Å². The third kappa shape index (κ3) is 2.70. The Hall–Kier alpha value is -2.17. The van der Waals surface area contributed by atoms with Gasteiger partial charge in [0.15, 0.2) is 0 Å². The minimum Gasteiger partial charge on any atom is -0.497 e. The molecular formula is C22H25ClN2O2. The lowest BCUT2D eigenvalue weighted by molar-refractivity contribution is 0.0869. The molecule has 1 aromatic heterocycles. The fourth-order valence-corrected chi connectivity index (χ4v) is 4.69. The van der Waals surface area contributed by atoms with E-state index in [0.717, 1.165) is 44.6 Å². The van der Waals surface area contributed by atoms with Gasteiger partial charge < -0.3 is 20.1 Å². The Bertz CT molecular complexity index is 1040. The molecular weight excluding hydrogens is 360 g/mol. The largest absolute Gasteiger partial charge is 0.497 e. The molecule has 0 bridgehead atoms. The van der Waals surface area contributed by atoms with Gasteiger partial charge in [-0.25, -0.2) is 0 Å². The summed E-state index contributed by atoms with van der Waals surface area (Å²) in [6.07, 6.45) is 1.39. The summed E-state index contributed by atoms with van der Waals surface area (Å²) >= 11 is 6.94. The highest BCUT2D eigenvalue weighted by Gasteiger charge is 2.40. The van der Waals surface area contributed by atoms with Crippen LogP contribution in [0.5, 0.6) is 5.75 Å². The molecule has 3 N–H and O–H groups in total. The molecule has 1 aliphatic heterocycles. The number of anilines is 1. The highest BCUT2D eigenvalue weighted by molar-refractivity contribution is 6.35. The molecule has 4 nitrogen and oxygen atoms in total. The first-order valence-electron chi connectivity index (χ1n) is 9.19. The van der Waals surface area contributed by atoms with Gasteiger partial charge in [0, 0.05) is 39.9 Å². The average molecular weight is 385 g/mol. The highest BCUT2D eigenvalue weighted by Crippen LogP contribution is 2.48. The number of methoxy groups -OCH3 is 1. The lowest BCUT2D eigenvalue weighted by Gasteiger charge is -2.43. The van der Waals surface area contributed by atoms with Crippen LogP contribution in [0.1, 0.15) is 37.8 Å². The maximum absolute atomic E-state index is 10.8. The summed E-state index contributed by atoms with van der Waals surface area (Å²) in [7, 11) is 1.67. The molecule has 142 valence electrons. The van der Waals surface area contributed by atoms with Gasteiger partial charge in [0.25, 0.3) is 0 Å². The summed E-state index contributed by atoms with van der Waals surface area (Å²) in [6.45, 7) is 8.15. The van der Waals surface area contributed by atoms with Gasteiger partial charge in [-0.15, -0.1) is 0 Å². The zero-order chi connectivity index (χ0) is 19.5. The van der Waals surface area contributed by atoms with Gasteiger partial charge in [0.05, 0.1) is 29.3 Å². The van der Waals surface area contributed by atoms with E-state index in [2.05, 4.69) is 23.3 Å². The number of hydrogen-bond donors (Lipinski definition) is 3. The first-order chi connectivity index (χ1) is 12.7. The van der Waals surface area contributed by atoms with Crippen molar-refractivity contribution in [2.24, 2.45) is 0 Å². The maximum atomic E-state index is 10.8. The van der Waals surface area contributed by atoms with Crippen LogP contribution in [0.2, 0.25) is 5.02 Å². The lowest BCUT2D eigenvalue weighted by Crippen LogP contribution is -2.50. The van der Waals surface area contributed by atoms with Crippen molar-refractivity contribution in [2.75, 3.05) is 12.4 Å². The van der Waals surface area contributed by atoms with Gasteiger partial charge in [-0.3, -0.25) is 0 Å². The topological polar surface area (TPSA) is 57.3 Å². The number of fused-ring (bicyclic) bond motifs is 2. The molecule has 2 unspecified atom stereocenters. The number of nitrogens with one attached hydrogen (secondary N) is 2. The Morgan fingerprint density at radius 2 is 1.93 bits per heavy atom. The summed E-state index contributed by atoms with van der Waals surface area (Å²) in [6, 6.07) is 8.15. The Kier molecular flexibility index (Phi) is 4.17. The predicted octanol–water partition coefficient (Wildman–Crippen LogP) is 5.47. The van der Waals surface area contributed by atoms with Crippen molar-refractivity contribution in [3.8, 4) is 16.9 Å². The van der Waals surface area contributed by atoms with Crippen molar-refractivity contribution in [3.63, 3.8) is 0 Å². The first-order valence-corrected chi connectivity index (χ1v) is 9.57. The van der Waals surface area contributed by atoms with Crippen LogP contribution in [0.4, 0.5) is 5.69 Å². The van der Waals surface area contributed by atoms with Crippen LogP contribution in [-0.4, -0.2) is 28.8 Å². The number of ether oxygens (including phenoxy) is 1. The van der Waals surface area contributed by atoms with Crippen LogP contribution in [0.3, 0.4) is 0 Å². The summed E-state index contributed by atoms with van der Waals surface area (Å²) in [5.41, 5.74) is 5.66. The molecule has 2 heterocycles. The number of aromatic nitrogens is 1. The monoisotopic (exact) mass is 384 g/mol. The smallest absolute Gasteiger partial charge is 0.120 e. The van der Waals surface area contributed by atoms with Crippen LogP contribution in [-0.2, 0) is 0 Å². The van der Waals surface area contributed by atoms with E-state index in [-0.39, 0.29) is 5.92 Å². The second-order valence-electron chi connectivity index (χ2n) is 8.04. The first kappa shape index (κ1) is 18.2. The molecule has 27 heavy (non-hydrogen) atoms. The quantitative estimate of drug-likeness (QED) is 0.548. The zero-order valence-electron chi connectivity index (χ0n) is 16.3. The number of aliphatic hydroxyl groups excluding tert-OH is 1. The van der Waals surface area contributed by atoms with Crippen molar-refractivity contribution in [1.82, 2.24) is 4.98 Å². The minimum absolute atomic E-state index is 0.0767. The van der Waals surface area contributed by atoms with Crippen LogP contribution in [0.25, 0.3) is 22.0 Å². The van der Waals surface area contributed by atoms with Gasteiger partial charge in [-0.1, -0.05) is 18.5 Å². The summed E-state index contributed by atoms with van der Waals surface area (Å²) in [5.74, 6) is 0.711.